The summed E-state index contributed by atoms with van der Waals surface area (Å²) in [7, 11) is 0. The maximum Gasteiger partial charge on any atom is 0.456 e. The van der Waals surface area contributed by atoms with Crippen molar-refractivity contribution in [1.82, 2.24) is 0 Å². The van der Waals surface area contributed by atoms with Crippen LogP contribution in [-0.4, -0.2) is 35.2 Å². The molecular formula is C9H9F5O3. The predicted molar refractivity (Wildman–Crippen MR) is 45.3 cm³/mol. The number of ketones is 1. The lowest BCUT2D eigenvalue weighted by atomic mass is 9.98. The van der Waals surface area contributed by atoms with Crippen LogP contribution in [0, 0.1) is 0 Å². The molecular weight excluding hydrogens is 251 g/mol. The molecule has 1 rings (SSSR count). The van der Waals surface area contributed by atoms with Gasteiger partial charge >= 0.3 is 17.9 Å². The van der Waals surface area contributed by atoms with Gasteiger partial charge in [0.15, 0.2) is 6.10 Å². The van der Waals surface area contributed by atoms with Crippen LogP contribution >= 0.6 is 0 Å². The van der Waals surface area contributed by atoms with Gasteiger partial charge in [-0.1, -0.05) is 0 Å². The third kappa shape index (κ3) is 2.93. The standard InChI is InChI=1S/C9H9F5O3/c10-8(11,7(16)9(12,13)14)6(15)5-3-1-2-4-17-5/h2,4-6,15H,1,3H2. The van der Waals surface area contributed by atoms with E-state index in [2.05, 4.69) is 4.74 Å². The molecule has 0 aliphatic carbocycles. The summed E-state index contributed by atoms with van der Waals surface area (Å²) in [4.78, 5) is 10.5. The second-order valence-corrected chi connectivity index (χ2v) is 3.52. The topological polar surface area (TPSA) is 46.5 Å². The number of allylic oxidation sites excluding steroid dienone is 1. The van der Waals surface area contributed by atoms with Crippen molar-refractivity contribution in [2.45, 2.75) is 37.1 Å². The maximum atomic E-state index is 13.1. The minimum absolute atomic E-state index is 0.0849. The Morgan fingerprint density at radius 1 is 1.35 bits per heavy atom. The molecule has 98 valence electrons. The van der Waals surface area contributed by atoms with Crippen molar-refractivity contribution in [2.24, 2.45) is 0 Å². The van der Waals surface area contributed by atoms with Gasteiger partial charge in [-0.25, -0.2) is 0 Å². The summed E-state index contributed by atoms with van der Waals surface area (Å²) < 4.78 is 66.3. The van der Waals surface area contributed by atoms with E-state index < -0.39 is 30.1 Å². The fourth-order valence-corrected chi connectivity index (χ4v) is 1.34. The van der Waals surface area contributed by atoms with Crippen LogP contribution in [0.1, 0.15) is 12.8 Å². The van der Waals surface area contributed by atoms with Gasteiger partial charge in [0, 0.05) is 0 Å². The highest BCUT2D eigenvalue weighted by Gasteiger charge is 2.60. The van der Waals surface area contributed by atoms with Crippen molar-refractivity contribution < 1.29 is 36.6 Å². The Hall–Kier alpha value is -1.18. The number of ether oxygens (including phenoxy) is 1. The van der Waals surface area contributed by atoms with Crippen molar-refractivity contribution in [3.05, 3.63) is 12.3 Å². The van der Waals surface area contributed by atoms with Crippen molar-refractivity contribution in [3.63, 3.8) is 0 Å². The van der Waals surface area contributed by atoms with Gasteiger partial charge in [-0.15, -0.1) is 0 Å². The Balaban J connectivity index is 2.82. The molecule has 1 aliphatic rings. The summed E-state index contributed by atoms with van der Waals surface area (Å²) in [6, 6.07) is 0. The number of alkyl halides is 5. The number of aliphatic hydroxyl groups excluding tert-OH is 1. The van der Waals surface area contributed by atoms with Crippen LogP contribution in [0.5, 0.6) is 0 Å². The Kier molecular flexibility index (Phi) is 3.75. The van der Waals surface area contributed by atoms with Crippen LogP contribution in [0.25, 0.3) is 0 Å². The van der Waals surface area contributed by atoms with E-state index in [-0.39, 0.29) is 12.8 Å². The van der Waals surface area contributed by atoms with Gasteiger partial charge in [-0.05, 0) is 18.9 Å². The first-order chi connectivity index (χ1) is 7.67. The van der Waals surface area contributed by atoms with E-state index in [1.807, 2.05) is 0 Å². The minimum atomic E-state index is -5.70. The quantitative estimate of drug-likeness (QED) is 0.787. The highest BCUT2D eigenvalue weighted by molar-refractivity contribution is 5.91. The SMILES string of the molecule is O=C(C(F)(F)F)C(F)(F)C(O)C1CCC=CO1. The molecule has 0 amide bonds. The number of hydrogen-bond acceptors (Lipinski definition) is 3. The van der Waals surface area contributed by atoms with E-state index in [1.165, 1.54) is 6.08 Å². The smallest absolute Gasteiger partial charge is 0.456 e. The number of carbonyl (C=O) groups is 1. The zero-order valence-electron chi connectivity index (χ0n) is 8.38. The lowest BCUT2D eigenvalue weighted by molar-refractivity contribution is -0.217. The lowest BCUT2D eigenvalue weighted by Gasteiger charge is -2.29. The van der Waals surface area contributed by atoms with E-state index in [4.69, 9.17) is 5.11 Å². The molecule has 0 saturated heterocycles. The summed E-state index contributed by atoms with van der Waals surface area (Å²) >= 11 is 0. The summed E-state index contributed by atoms with van der Waals surface area (Å²) in [6.45, 7) is 0. The second kappa shape index (κ2) is 4.59. The monoisotopic (exact) mass is 260 g/mol. The average molecular weight is 260 g/mol. The van der Waals surface area contributed by atoms with Gasteiger partial charge in [-0.2, -0.15) is 22.0 Å². The van der Waals surface area contributed by atoms with Crippen molar-refractivity contribution in [3.8, 4) is 0 Å². The molecule has 17 heavy (non-hydrogen) atoms. The largest absolute Gasteiger partial charge is 0.495 e. The molecule has 0 fully saturated rings. The Morgan fingerprint density at radius 3 is 2.35 bits per heavy atom. The van der Waals surface area contributed by atoms with Gasteiger partial charge in [0.2, 0.25) is 0 Å². The number of Topliss-reactive ketones (excluding diaryl/α,β-unsaturated/α-hetero) is 1. The zero-order chi connectivity index (χ0) is 13.3. The molecule has 0 aromatic heterocycles. The normalized spacial score (nSPS) is 23.1. The number of aliphatic hydroxyl groups is 1. The molecule has 2 atom stereocenters. The van der Waals surface area contributed by atoms with Crippen molar-refractivity contribution in [1.29, 1.82) is 0 Å². The highest BCUT2D eigenvalue weighted by atomic mass is 19.4. The number of hydrogen-bond donors (Lipinski definition) is 1. The van der Waals surface area contributed by atoms with Crippen LogP contribution in [0.15, 0.2) is 12.3 Å². The number of carbonyl (C=O) groups excluding carboxylic acids is 1. The van der Waals surface area contributed by atoms with E-state index in [0.717, 1.165) is 6.26 Å². The van der Waals surface area contributed by atoms with E-state index >= 15 is 0 Å². The van der Waals surface area contributed by atoms with Crippen molar-refractivity contribution >= 4 is 5.78 Å². The second-order valence-electron chi connectivity index (χ2n) is 3.52. The number of halogens is 5. The first kappa shape index (κ1) is 13.9. The van der Waals surface area contributed by atoms with Gasteiger partial charge in [0.1, 0.15) is 6.10 Å². The van der Waals surface area contributed by atoms with Crippen LogP contribution in [0.3, 0.4) is 0 Å². The van der Waals surface area contributed by atoms with Crippen LogP contribution in [-0.2, 0) is 9.53 Å². The zero-order valence-corrected chi connectivity index (χ0v) is 8.38. The molecule has 8 heteroatoms. The fraction of sp³-hybridized carbons (Fsp3) is 0.667. The van der Waals surface area contributed by atoms with Gasteiger partial charge < -0.3 is 9.84 Å². The van der Waals surface area contributed by atoms with Gasteiger partial charge in [-0.3, -0.25) is 4.79 Å². The Labute approximate surface area is 92.9 Å². The molecule has 1 heterocycles. The molecule has 2 unspecified atom stereocenters. The summed E-state index contributed by atoms with van der Waals surface area (Å²) in [5.74, 6) is -8.18. The Morgan fingerprint density at radius 2 is 1.94 bits per heavy atom. The Bertz CT molecular complexity index is 323. The third-order valence-electron chi connectivity index (χ3n) is 2.25. The van der Waals surface area contributed by atoms with Crippen LogP contribution in [0.4, 0.5) is 22.0 Å². The van der Waals surface area contributed by atoms with E-state index in [9.17, 15) is 26.7 Å². The maximum absolute atomic E-state index is 13.1. The lowest BCUT2D eigenvalue weighted by Crippen LogP contribution is -2.53. The van der Waals surface area contributed by atoms with Gasteiger partial charge in [0.25, 0.3) is 0 Å². The summed E-state index contributed by atoms with van der Waals surface area (Å²) in [5, 5.41) is 9.11. The predicted octanol–water partition coefficient (Wildman–Crippen LogP) is 1.81. The highest BCUT2D eigenvalue weighted by Crippen LogP contribution is 2.33. The first-order valence-electron chi connectivity index (χ1n) is 4.65. The molecule has 1 N–H and O–H groups in total. The summed E-state index contributed by atoms with van der Waals surface area (Å²) in [5.41, 5.74) is 0. The summed E-state index contributed by atoms with van der Waals surface area (Å²) in [6.07, 6.45) is -7.38. The van der Waals surface area contributed by atoms with Crippen molar-refractivity contribution in [2.75, 3.05) is 0 Å². The molecule has 0 aromatic rings. The molecule has 0 radical (unpaired) electrons. The van der Waals surface area contributed by atoms with Crippen LogP contribution < -0.4 is 0 Å². The van der Waals surface area contributed by atoms with E-state index in [1.54, 1.807) is 0 Å². The third-order valence-corrected chi connectivity index (χ3v) is 2.25. The minimum Gasteiger partial charge on any atom is -0.495 e. The molecule has 0 spiro atoms. The molecule has 1 aliphatic heterocycles. The van der Waals surface area contributed by atoms with E-state index in [0.29, 0.717) is 0 Å². The molecule has 0 saturated carbocycles. The van der Waals surface area contributed by atoms with Gasteiger partial charge in [0.05, 0.1) is 6.26 Å². The van der Waals surface area contributed by atoms with Crippen LogP contribution in [0.2, 0.25) is 0 Å². The molecule has 0 bridgehead atoms. The molecule has 3 nitrogen and oxygen atoms in total. The molecule has 0 aromatic carbocycles. The number of rotatable bonds is 3. The fourth-order valence-electron chi connectivity index (χ4n) is 1.34. The average Bonchev–Trinajstić information content (AvgIpc) is 2.27. The first-order valence-corrected chi connectivity index (χ1v) is 4.65.